The molecule has 122 valence electrons. The van der Waals surface area contributed by atoms with Gasteiger partial charge in [0.2, 0.25) is 5.88 Å². The summed E-state index contributed by atoms with van der Waals surface area (Å²) < 4.78 is 10.3. The minimum Gasteiger partial charge on any atom is -0.475 e. The molecule has 0 spiro atoms. The number of ether oxygens (including phenoxy) is 2. The first-order valence-corrected chi connectivity index (χ1v) is 7.66. The Morgan fingerprint density at radius 2 is 2.26 bits per heavy atom. The average molecular weight is 316 g/mol. The molecule has 7 nitrogen and oxygen atoms in total. The van der Waals surface area contributed by atoms with E-state index in [-0.39, 0.29) is 5.91 Å². The predicted octanol–water partition coefficient (Wildman–Crippen LogP) is 1.64. The van der Waals surface area contributed by atoms with E-state index in [0.29, 0.717) is 37.3 Å². The molecule has 7 heteroatoms. The van der Waals surface area contributed by atoms with Gasteiger partial charge >= 0.3 is 0 Å². The molecule has 0 atom stereocenters. The van der Waals surface area contributed by atoms with Crippen molar-refractivity contribution in [2.24, 2.45) is 0 Å². The summed E-state index contributed by atoms with van der Waals surface area (Å²) in [5.41, 5.74) is 2.38. The molecule has 1 saturated carbocycles. The lowest BCUT2D eigenvalue weighted by atomic mass is 10.2. The summed E-state index contributed by atoms with van der Waals surface area (Å²) in [6.07, 6.45) is 4.03. The first-order valence-electron chi connectivity index (χ1n) is 7.66. The van der Waals surface area contributed by atoms with E-state index >= 15 is 0 Å². The van der Waals surface area contributed by atoms with Crippen LogP contribution in [0.2, 0.25) is 0 Å². The maximum atomic E-state index is 12.1. The number of aromatic nitrogens is 3. The van der Waals surface area contributed by atoms with Crippen molar-refractivity contribution in [3.8, 4) is 5.88 Å². The van der Waals surface area contributed by atoms with Gasteiger partial charge in [-0.25, -0.2) is 4.98 Å². The molecule has 0 saturated heterocycles. The summed E-state index contributed by atoms with van der Waals surface area (Å²) in [5.74, 6) is 0.908. The summed E-state index contributed by atoms with van der Waals surface area (Å²) in [5, 5.41) is 9.83. The second-order valence-corrected chi connectivity index (χ2v) is 5.51. The lowest BCUT2D eigenvalue weighted by molar-refractivity contribution is 0.0946. The molecule has 1 amide bonds. The van der Waals surface area contributed by atoms with Crippen LogP contribution in [0.25, 0.3) is 0 Å². The van der Waals surface area contributed by atoms with E-state index in [1.165, 1.54) is 12.8 Å². The minimum absolute atomic E-state index is 0.187. The third-order valence-electron chi connectivity index (χ3n) is 3.64. The van der Waals surface area contributed by atoms with Crippen molar-refractivity contribution in [2.45, 2.75) is 25.3 Å². The Bertz CT molecular complexity index is 650. The molecule has 2 N–H and O–H groups in total. The number of methoxy groups -OCH3 is 1. The molecule has 23 heavy (non-hydrogen) atoms. The van der Waals surface area contributed by atoms with Gasteiger partial charge in [0, 0.05) is 37.5 Å². The Morgan fingerprint density at radius 3 is 2.96 bits per heavy atom. The molecule has 0 unspecified atom stereocenters. The highest BCUT2D eigenvalue weighted by Crippen LogP contribution is 2.38. The molecule has 2 heterocycles. The van der Waals surface area contributed by atoms with Crippen LogP contribution >= 0.6 is 0 Å². The zero-order chi connectivity index (χ0) is 16.1. The van der Waals surface area contributed by atoms with Crippen LogP contribution in [0.5, 0.6) is 5.88 Å². The number of nitrogens with zero attached hydrogens (tertiary/aromatic N) is 2. The third-order valence-corrected chi connectivity index (χ3v) is 3.64. The van der Waals surface area contributed by atoms with Gasteiger partial charge in [0.1, 0.15) is 12.3 Å². The number of carbonyl (C=O) groups excluding carboxylic acids is 1. The molecule has 0 aliphatic heterocycles. The highest BCUT2D eigenvalue weighted by molar-refractivity contribution is 5.92. The Hall–Kier alpha value is -2.41. The van der Waals surface area contributed by atoms with E-state index in [2.05, 4.69) is 20.5 Å². The second kappa shape index (κ2) is 7.23. The Morgan fingerprint density at radius 1 is 1.39 bits per heavy atom. The Labute approximate surface area is 134 Å². The fourth-order valence-electron chi connectivity index (χ4n) is 2.16. The number of H-pyrrole nitrogens is 1. The Kier molecular flexibility index (Phi) is 4.87. The fourth-order valence-corrected chi connectivity index (χ4v) is 2.16. The van der Waals surface area contributed by atoms with Gasteiger partial charge < -0.3 is 14.8 Å². The normalized spacial score (nSPS) is 13.8. The van der Waals surface area contributed by atoms with E-state index in [1.807, 2.05) is 12.1 Å². The third kappa shape index (κ3) is 4.29. The number of amides is 1. The van der Waals surface area contributed by atoms with Crippen molar-refractivity contribution < 1.29 is 14.3 Å². The second-order valence-electron chi connectivity index (χ2n) is 5.51. The molecule has 2 aromatic rings. The molecule has 1 fully saturated rings. The maximum Gasteiger partial charge on any atom is 0.272 e. The van der Waals surface area contributed by atoms with Gasteiger partial charge in [-0.15, -0.1) is 0 Å². The number of hydrogen-bond acceptors (Lipinski definition) is 5. The van der Waals surface area contributed by atoms with Gasteiger partial charge in [-0.2, -0.15) is 5.10 Å². The monoisotopic (exact) mass is 316 g/mol. The standard InChI is InChI=1S/C16H20N4O3/c1-22-6-7-23-15-5-2-11(9-17-15)10-18-16(21)14-8-13(19-20-14)12-3-4-12/h2,5,8-9,12H,3-4,6-7,10H2,1H3,(H,18,21)(H,19,20). The Balaban J connectivity index is 1.47. The fraction of sp³-hybridized carbons (Fsp3) is 0.438. The van der Waals surface area contributed by atoms with E-state index in [0.717, 1.165) is 11.3 Å². The lowest BCUT2D eigenvalue weighted by Crippen LogP contribution is -2.23. The molecule has 0 bridgehead atoms. The van der Waals surface area contributed by atoms with E-state index in [1.54, 1.807) is 19.4 Å². The summed E-state index contributed by atoms with van der Waals surface area (Å²) in [6, 6.07) is 5.48. The quantitative estimate of drug-likeness (QED) is 0.723. The molecule has 0 radical (unpaired) electrons. The van der Waals surface area contributed by atoms with Gasteiger partial charge in [-0.05, 0) is 24.5 Å². The van der Waals surface area contributed by atoms with Crippen LogP contribution in [0.4, 0.5) is 0 Å². The predicted molar refractivity (Wildman–Crippen MR) is 83.3 cm³/mol. The van der Waals surface area contributed by atoms with Gasteiger partial charge in [-0.3, -0.25) is 9.89 Å². The number of nitrogens with one attached hydrogen (secondary N) is 2. The highest BCUT2D eigenvalue weighted by atomic mass is 16.5. The molecule has 0 aromatic carbocycles. The molecule has 1 aliphatic carbocycles. The van der Waals surface area contributed by atoms with Gasteiger partial charge in [0.25, 0.3) is 5.91 Å². The minimum atomic E-state index is -0.187. The zero-order valence-corrected chi connectivity index (χ0v) is 13.0. The van der Waals surface area contributed by atoms with Crippen LogP contribution in [0, 0.1) is 0 Å². The molecule has 3 rings (SSSR count). The van der Waals surface area contributed by atoms with Crippen LogP contribution in [0.3, 0.4) is 0 Å². The number of carbonyl (C=O) groups is 1. The average Bonchev–Trinajstić information content (AvgIpc) is 3.31. The number of aromatic amines is 1. The first-order chi connectivity index (χ1) is 11.3. The number of rotatable bonds is 8. The topological polar surface area (TPSA) is 89.1 Å². The van der Waals surface area contributed by atoms with Crippen molar-refractivity contribution in [1.82, 2.24) is 20.5 Å². The van der Waals surface area contributed by atoms with Crippen LogP contribution in [0.15, 0.2) is 24.4 Å². The summed E-state index contributed by atoms with van der Waals surface area (Å²) >= 11 is 0. The molecular formula is C16H20N4O3. The van der Waals surface area contributed by atoms with Gasteiger partial charge in [0.15, 0.2) is 0 Å². The van der Waals surface area contributed by atoms with Crippen LogP contribution in [-0.4, -0.2) is 41.4 Å². The maximum absolute atomic E-state index is 12.1. The first kappa shape index (κ1) is 15.5. The van der Waals surface area contributed by atoms with E-state index < -0.39 is 0 Å². The zero-order valence-electron chi connectivity index (χ0n) is 13.0. The van der Waals surface area contributed by atoms with Crippen molar-refractivity contribution in [3.63, 3.8) is 0 Å². The smallest absolute Gasteiger partial charge is 0.272 e. The van der Waals surface area contributed by atoms with Crippen LogP contribution in [-0.2, 0) is 11.3 Å². The molecular weight excluding hydrogens is 296 g/mol. The van der Waals surface area contributed by atoms with Crippen molar-refractivity contribution in [3.05, 3.63) is 41.3 Å². The molecule has 1 aliphatic rings. The summed E-state index contributed by atoms with van der Waals surface area (Å²) in [6.45, 7) is 1.38. The van der Waals surface area contributed by atoms with Crippen LogP contribution in [0.1, 0.15) is 40.5 Å². The van der Waals surface area contributed by atoms with Gasteiger partial charge in [0.05, 0.1) is 6.61 Å². The van der Waals surface area contributed by atoms with E-state index in [4.69, 9.17) is 9.47 Å². The number of pyridine rings is 1. The van der Waals surface area contributed by atoms with Crippen molar-refractivity contribution in [1.29, 1.82) is 0 Å². The highest BCUT2D eigenvalue weighted by Gasteiger charge is 2.26. The van der Waals surface area contributed by atoms with Crippen molar-refractivity contribution in [2.75, 3.05) is 20.3 Å². The van der Waals surface area contributed by atoms with Crippen molar-refractivity contribution >= 4 is 5.91 Å². The number of hydrogen-bond donors (Lipinski definition) is 2. The largest absolute Gasteiger partial charge is 0.475 e. The summed E-state index contributed by atoms with van der Waals surface area (Å²) in [4.78, 5) is 16.2. The molecule has 2 aromatic heterocycles. The van der Waals surface area contributed by atoms with E-state index in [9.17, 15) is 4.79 Å². The van der Waals surface area contributed by atoms with Gasteiger partial charge in [-0.1, -0.05) is 6.07 Å². The lowest BCUT2D eigenvalue weighted by Gasteiger charge is -2.06. The summed E-state index contributed by atoms with van der Waals surface area (Å²) in [7, 11) is 1.62. The van der Waals surface area contributed by atoms with Crippen LogP contribution < -0.4 is 10.1 Å². The SMILES string of the molecule is COCCOc1ccc(CNC(=O)c2cc(C3CC3)[nH]n2)cn1.